The zero-order valence-corrected chi connectivity index (χ0v) is 17.8. The lowest BCUT2D eigenvalue weighted by atomic mass is 10.1. The van der Waals surface area contributed by atoms with E-state index in [1.54, 1.807) is 18.2 Å². The van der Waals surface area contributed by atoms with Crippen LogP contribution in [0.15, 0.2) is 77.7 Å². The van der Waals surface area contributed by atoms with Crippen molar-refractivity contribution in [2.45, 2.75) is 11.0 Å². The Balaban J connectivity index is 1.38. The molecule has 1 aliphatic heterocycles. The van der Waals surface area contributed by atoms with Gasteiger partial charge < -0.3 is 19.9 Å². The Morgan fingerprint density at radius 1 is 0.938 bits per heavy atom. The first-order valence-electron chi connectivity index (χ1n) is 9.96. The number of carbonyl (C=O) groups is 1. The highest BCUT2D eigenvalue weighted by molar-refractivity contribution is 7.92. The van der Waals surface area contributed by atoms with Gasteiger partial charge in [-0.1, -0.05) is 30.3 Å². The van der Waals surface area contributed by atoms with Gasteiger partial charge in [-0.2, -0.15) is 0 Å². The number of fused-ring (bicyclic) bond motifs is 1. The minimum absolute atomic E-state index is 0.0402. The van der Waals surface area contributed by atoms with Crippen molar-refractivity contribution in [1.82, 2.24) is 5.32 Å². The predicted molar refractivity (Wildman–Crippen MR) is 118 cm³/mol. The summed E-state index contributed by atoms with van der Waals surface area (Å²) < 4.78 is 38.7. The normalized spacial score (nSPS) is 13.8. The second-order valence-corrected chi connectivity index (χ2v) is 8.81. The SMILES string of the molecule is O=C(NCC(O)c1ccccc1)c1ccc(NS(=O)(=O)c2ccc3c(c2)OCCO3)cc1. The fourth-order valence-corrected chi connectivity index (χ4v) is 4.25. The van der Waals surface area contributed by atoms with Gasteiger partial charge in [0.2, 0.25) is 0 Å². The molecular weight excluding hydrogens is 432 g/mol. The average molecular weight is 455 g/mol. The Morgan fingerprint density at radius 2 is 1.62 bits per heavy atom. The molecule has 0 saturated heterocycles. The van der Waals surface area contributed by atoms with E-state index in [1.807, 2.05) is 18.2 Å². The highest BCUT2D eigenvalue weighted by atomic mass is 32.2. The number of nitrogens with one attached hydrogen (secondary N) is 2. The zero-order valence-electron chi connectivity index (χ0n) is 17.0. The number of aliphatic hydroxyl groups excluding tert-OH is 1. The summed E-state index contributed by atoms with van der Waals surface area (Å²) in [6, 6.07) is 19.4. The van der Waals surface area contributed by atoms with Crippen LogP contribution >= 0.6 is 0 Å². The monoisotopic (exact) mass is 454 g/mol. The lowest BCUT2D eigenvalue weighted by Gasteiger charge is -2.19. The standard InChI is InChI=1S/C23H22N2O6S/c26-20(16-4-2-1-3-5-16)15-24-23(27)17-6-8-18(9-7-17)25-32(28,29)19-10-11-21-22(14-19)31-13-12-30-21/h1-11,14,20,25-26H,12-13,15H2,(H,24,27). The molecule has 0 aromatic heterocycles. The minimum atomic E-state index is -3.85. The molecule has 1 unspecified atom stereocenters. The van der Waals surface area contributed by atoms with Gasteiger partial charge in [0.05, 0.1) is 11.0 Å². The average Bonchev–Trinajstić information content (AvgIpc) is 2.82. The molecule has 0 bridgehead atoms. The number of hydrogen-bond acceptors (Lipinski definition) is 6. The smallest absolute Gasteiger partial charge is 0.262 e. The van der Waals surface area contributed by atoms with Gasteiger partial charge in [0.1, 0.15) is 13.2 Å². The van der Waals surface area contributed by atoms with E-state index >= 15 is 0 Å². The van der Waals surface area contributed by atoms with Crippen molar-refractivity contribution >= 4 is 21.6 Å². The number of hydrogen-bond donors (Lipinski definition) is 3. The summed E-state index contributed by atoms with van der Waals surface area (Å²) >= 11 is 0. The molecule has 4 rings (SSSR count). The number of benzene rings is 3. The molecular formula is C23H22N2O6S. The molecule has 0 fully saturated rings. The Morgan fingerprint density at radius 3 is 2.34 bits per heavy atom. The van der Waals surface area contributed by atoms with E-state index in [0.29, 0.717) is 41.5 Å². The summed E-state index contributed by atoms with van der Waals surface area (Å²) in [6.07, 6.45) is -0.822. The summed E-state index contributed by atoms with van der Waals surface area (Å²) in [4.78, 5) is 12.4. The molecule has 8 nitrogen and oxygen atoms in total. The molecule has 1 atom stereocenters. The van der Waals surface area contributed by atoms with E-state index in [4.69, 9.17) is 9.47 Å². The number of rotatable bonds is 7. The topological polar surface area (TPSA) is 114 Å². The molecule has 32 heavy (non-hydrogen) atoms. The van der Waals surface area contributed by atoms with Crippen LogP contribution in [0.1, 0.15) is 22.0 Å². The summed E-state index contributed by atoms with van der Waals surface area (Å²) in [5.41, 5.74) is 1.35. The Bertz CT molecular complexity index is 1200. The van der Waals surface area contributed by atoms with Crippen molar-refractivity contribution in [3.8, 4) is 11.5 Å². The van der Waals surface area contributed by atoms with Crippen LogP contribution in [-0.2, 0) is 10.0 Å². The van der Waals surface area contributed by atoms with E-state index < -0.39 is 16.1 Å². The maximum atomic E-state index is 12.7. The fourth-order valence-electron chi connectivity index (χ4n) is 3.18. The second-order valence-electron chi connectivity index (χ2n) is 7.12. The zero-order chi connectivity index (χ0) is 22.6. The first-order chi connectivity index (χ1) is 15.4. The van der Waals surface area contributed by atoms with Crippen molar-refractivity contribution in [2.75, 3.05) is 24.5 Å². The van der Waals surface area contributed by atoms with E-state index in [2.05, 4.69) is 10.0 Å². The van der Waals surface area contributed by atoms with Gasteiger partial charge in [-0.15, -0.1) is 0 Å². The highest BCUT2D eigenvalue weighted by Crippen LogP contribution is 2.32. The predicted octanol–water partition coefficient (Wildman–Crippen LogP) is 2.72. The molecule has 1 heterocycles. The molecule has 3 aromatic rings. The van der Waals surface area contributed by atoms with E-state index in [9.17, 15) is 18.3 Å². The third kappa shape index (κ3) is 5.01. The first kappa shape index (κ1) is 21.7. The number of ether oxygens (including phenoxy) is 2. The highest BCUT2D eigenvalue weighted by Gasteiger charge is 2.20. The molecule has 166 valence electrons. The van der Waals surface area contributed by atoms with Gasteiger partial charge >= 0.3 is 0 Å². The third-order valence-electron chi connectivity index (χ3n) is 4.86. The van der Waals surface area contributed by atoms with Gasteiger partial charge in [0, 0.05) is 23.9 Å². The molecule has 3 aromatic carbocycles. The summed E-state index contributed by atoms with van der Waals surface area (Å²) in [5.74, 6) is 0.507. The molecule has 1 amide bonds. The van der Waals surface area contributed by atoms with Gasteiger partial charge in [0.15, 0.2) is 11.5 Å². The Labute approximate surface area is 185 Å². The van der Waals surface area contributed by atoms with Gasteiger partial charge in [-0.3, -0.25) is 9.52 Å². The fraction of sp³-hybridized carbons (Fsp3) is 0.174. The lowest BCUT2D eigenvalue weighted by molar-refractivity contribution is 0.0916. The largest absolute Gasteiger partial charge is 0.486 e. The van der Waals surface area contributed by atoms with Gasteiger partial charge in [0.25, 0.3) is 15.9 Å². The maximum Gasteiger partial charge on any atom is 0.262 e. The molecule has 0 spiro atoms. The van der Waals surface area contributed by atoms with E-state index in [0.717, 1.165) is 0 Å². The van der Waals surface area contributed by atoms with Gasteiger partial charge in [-0.25, -0.2) is 8.42 Å². The minimum Gasteiger partial charge on any atom is -0.486 e. The van der Waals surface area contributed by atoms with Crippen LogP contribution in [0.3, 0.4) is 0 Å². The molecule has 3 N–H and O–H groups in total. The van der Waals surface area contributed by atoms with Crippen molar-refractivity contribution in [1.29, 1.82) is 0 Å². The number of amides is 1. The van der Waals surface area contributed by atoms with Crippen LogP contribution in [0.5, 0.6) is 11.5 Å². The van der Waals surface area contributed by atoms with Crippen LogP contribution in [0.25, 0.3) is 0 Å². The van der Waals surface area contributed by atoms with Crippen LogP contribution < -0.4 is 19.5 Å². The molecule has 9 heteroatoms. The number of aliphatic hydroxyl groups is 1. The van der Waals surface area contributed by atoms with Crippen LogP contribution in [0.2, 0.25) is 0 Å². The second kappa shape index (κ2) is 9.29. The van der Waals surface area contributed by atoms with Crippen LogP contribution in [0, 0.1) is 0 Å². The molecule has 1 aliphatic rings. The summed E-state index contributed by atoms with van der Waals surface area (Å²) in [5, 5.41) is 12.8. The van der Waals surface area contributed by atoms with Gasteiger partial charge in [-0.05, 0) is 42.0 Å². The lowest BCUT2D eigenvalue weighted by Crippen LogP contribution is -2.28. The first-order valence-corrected chi connectivity index (χ1v) is 11.4. The maximum absolute atomic E-state index is 12.7. The van der Waals surface area contributed by atoms with E-state index in [-0.39, 0.29) is 17.3 Å². The van der Waals surface area contributed by atoms with Crippen LogP contribution in [0.4, 0.5) is 5.69 Å². The summed E-state index contributed by atoms with van der Waals surface area (Å²) in [7, 11) is -3.85. The van der Waals surface area contributed by atoms with E-state index in [1.165, 1.54) is 36.4 Å². The third-order valence-corrected chi connectivity index (χ3v) is 6.24. The quantitative estimate of drug-likeness (QED) is 0.506. The van der Waals surface area contributed by atoms with Crippen molar-refractivity contribution < 1.29 is 27.8 Å². The molecule has 0 aliphatic carbocycles. The van der Waals surface area contributed by atoms with Crippen molar-refractivity contribution in [3.63, 3.8) is 0 Å². The number of sulfonamides is 1. The summed E-state index contributed by atoms with van der Waals surface area (Å²) in [6.45, 7) is 0.833. The van der Waals surface area contributed by atoms with Crippen molar-refractivity contribution in [3.05, 3.63) is 83.9 Å². The molecule has 0 saturated carbocycles. The Kier molecular flexibility index (Phi) is 6.29. The van der Waals surface area contributed by atoms with Crippen LogP contribution in [-0.4, -0.2) is 39.2 Å². The number of anilines is 1. The molecule has 0 radical (unpaired) electrons. The number of carbonyl (C=O) groups excluding carboxylic acids is 1. The Hall–Kier alpha value is -3.56. The van der Waals surface area contributed by atoms with Crippen molar-refractivity contribution in [2.24, 2.45) is 0 Å².